The lowest BCUT2D eigenvalue weighted by Gasteiger charge is -2.30. The number of sulfonamides is 1. The molecule has 0 aromatic heterocycles. The molecule has 0 spiro atoms. The van der Waals surface area contributed by atoms with E-state index in [1.807, 2.05) is 0 Å². The Bertz CT molecular complexity index is 412. The number of piperidine rings is 1. The Hall–Kier alpha value is -0.660. The molecule has 1 aliphatic heterocycles. The minimum atomic E-state index is -3.07. The van der Waals surface area contributed by atoms with E-state index in [4.69, 9.17) is 0 Å². The SMILES string of the molecule is CS(=O)(=O)N1CCC(NCC(=O)NCC2CC2)CC1. The van der Waals surface area contributed by atoms with Crippen molar-refractivity contribution in [3.8, 4) is 0 Å². The van der Waals surface area contributed by atoms with Crippen LogP contribution in [0.1, 0.15) is 25.7 Å². The Kier molecular flexibility index (Phi) is 4.81. The van der Waals surface area contributed by atoms with Crippen LogP contribution in [-0.2, 0) is 14.8 Å². The lowest BCUT2D eigenvalue weighted by Crippen LogP contribution is -2.47. The van der Waals surface area contributed by atoms with Crippen LogP contribution in [0.25, 0.3) is 0 Å². The van der Waals surface area contributed by atoms with E-state index in [9.17, 15) is 13.2 Å². The number of nitrogens with one attached hydrogen (secondary N) is 2. The van der Waals surface area contributed by atoms with Gasteiger partial charge in [0.25, 0.3) is 0 Å². The fourth-order valence-electron chi connectivity index (χ4n) is 2.27. The van der Waals surface area contributed by atoms with Gasteiger partial charge in [0, 0.05) is 25.7 Å². The van der Waals surface area contributed by atoms with Gasteiger partial charge >= 0.3 is 0 Å². The standard InChI is InChI=1S/C12H23N3O3S/c1-19(17,18)15-6-4-11(5-7-15)13-9-12(16)14-8-10-2-3-10/h10-11,13H,2-9H2,1H3,(H,14,16). The van der Waals surface area contributed by atoms with E-state index >= 15 is 0 Å². The molecule has 6 nitrogen and oxygen atoms in total. The van der Waals surface area contributed by atoms with Gasteiger partial charge in [0.2, 0.25) is 15.9 Å². The van der Waals surface area contributed by atoms with E-state index in [0.29, 0.717) is 25.6 Å². The van der Waals surface area contributed by atoms with Crippen molar-refractivity contribution >= 4 is 15.9 Å². The molecule has 2 rings (SSSR count). The van der Waals surface area contributed by atoms with E-state index in [1.165, 1.54) is 23.4 Å². The van der Waals surface area contributed by atoms with Crippen LogP contribution in [0.2, 0.25) is 0 Å². The van der Waals surface area contributed by atoms with Crippen LogP contribution in [0, 0.1) is 5.92 Å². The Morgan fingerprint density at radius 1 is 1.21 bits per heavy atom. The predicted octanol–water partition coefficient (Wildman–Crippen LogP) is -0.474. The molecule has 2 aliphatic rings. The van der Waals surface area contributed by atoms with Gasteiger partial charge in [-0.25, -0.2) is 12.7 Å². The lowest BCUT2D eigenvalue weighted by molar-refractivity contribution is -0.120. The summed E-state index contributed by atoms with van der Waals surface area (Å²) in [5, 5.41) is 6.11. The minimum absolute atomic E-state index is 0.0393. The fourth-order valence-corrected chi connectivity index (χ4v) is 3.15. The van der Waals surface area contributed by atoms with Crippen molar-refractivity contribution in [2.75, 3.05) is 32.4 Å². The van der Waals surface area contributed by atoms with Crippen LogP contribution in [0.15, 0.2) is 0 Å². The van der Waals surface area contributed by atoms with Crippen molar-refractivity contribution in [1.29, 1.82) is 0 Å². The molecule has 2 fully saturated rings. The molecule has 7 heteroatoms. The van der Waals surface area contributed by atoms with Gasteiger partial charge in [-0.15, -0.1) is 0 Å². The number of carbonyl (C=O) groups is 1. The van der Waals surface area contributed by atoms with Crippen LogP contribution in [0.5, 0.6) is 0 Å². The van der Waals surface area contributed by atoms with Gasteiger partial charge in [0.15, 0.2) is 0 Å². The Morgan fingerprint density at radius 3 is 2.37 bits per heavy atom. The maximum absolute atomic E-state index is 11.6. The Morgan fingerprint density at radius 2 is 1.84 bits per heavy atom. The van der Waals surface area contributed by atoms with Crippen LogP contribution in [0.4, 0.5) is 0 Å². The van der Waals surface area contributed by atoms with E-state index in [2.05, 4.69) is 10.6 Å². The van der Waals surface area contributed by atoms with Gasteiger partial charge in [0.1, 0.15) is 0 Å². The summed E-state index contributed by atoms with van der Waals surface area (Å²) in [6.07, 6.45) is 5.24. The summed E-state index contributed by atoms with van der Waals surface area (Å²) >= 11 is 0. The maximum atomic E-state index is 11.6. The van der Waals surface area contributed by atoms with Gasteiger partial charge in [-0.1, -0.05) is 0 Å². The van der Waals surface area contributed by atoms with Gasteiger partial charge in [-0.3, -0.25) is 4.79 Å². The highest BCUT2D eigenvalue weighted by molar-refractivity contribution is 7.88. The molecule has 0 bridgehead atoms. The molecule has 0 aromatic rings. The van der Waals surface area contributed by atoms with Gasteiger partial charge < -0.3 is 10.6 Å². The van der Waals surface area contributed by atoms with Gasteiger partial charge in [-0.05, 0) is 31.6 Å². The molecule has 1 amide bonds. The molecule has 0 aromatic carbocycles. The lowest BCUT2D eigenvalue weighted by atomic mass is 10.1. The summed E-state index contributed by atoms with van der Waals surface area (Å²) in [5.74, 6) is 0.736. The second-order valence-electron chi connectivity index (χ2n) is 5.56. The average molecular weight is 289 g/mol. The van der Waals surface area contributed by atoms with E-state index in [0.717, 1.165) is 19.4 Å². The summed E-state index contributed by atoms with van der Waals surface area (Å²) in [4.78, 5) is 11.6. The summed E-state index contributed by atoms with van der Waals surface area (Å²) in [5.41, 5.74) is 0. The molecular weight excluding hydrogens is 266 g/mol. The molecule has 19 heavy (non-hydrogen) atoms. The smallest absolute Gasteiger partial charge is 0.233 e. The van der Waals surface area contributed by atoms with Crippen LogP contribution in [0.3, 0.4) is 0 Å². The summed E-state index contributed by atoms with van der Waals surface area (Å²) in [7, 11) is -3.07. The van der Waals surface area contributed by atoms with Crippen molar-refractivity contribution in [3.63, 3.8) is 0 Å². The Balaban J connectivity index is 1.61. The molecule has 1 saturated carbocycles. The van der Waals surface area contributed by atoms with Crippen LogP contribution >= 0.6 is 0 Å². The molecule has 2 N–H and O–H groups in total. The number of hydrogen-bond donors (Lipinski definition) is 2. The van der Waals surface area contributed by atoms with Gasteiger partial charge in [-0.2, -0.15) is 0 Å². The van der Waals surface area contributed by atoms with E-state index in [-0.39, 0.29) is 11.9 Å². The third-order valence-electron chi connectivity index (χ3n) is 3.76. The molecule has 0 atom stereocenters. The monoisotopic (exact) mass is 289 g/mol. The van der Waals surface area contributed by atoms with Crippen molar-refractivity contribution in [2.24, 2.45) is 5.92 Å². The van der Waals surface area contributed by atoms with Crippen molar-refractivity contribution in [2.45, 2.75) is 31.7 Å². The number of carbonyl (C=O) groups excluding carboxylic acids is 1. The van der Waals surface area contributed by atoms with Crippen molar-refractivity contribution in [1.82, 2.24) is 14.9 Å². The first-order chi connectivity index (χ1) is 8.95. The number of hydrogen-bond acceptors (Lipinski definition) is 4. The third kappa shape index (κ3) is 5.08. The highest BCUT2D eigenvalue weighted by atomic mass is 32.2. The van der Waals surface area contributed by atoms with E-state index < -0.39 is 10.0 Å². The second-order valence-corrected chi connectivity index (χ2v) is 7.55. The molecular formula is C12H23N3O3S. The zero-order valence-electron chi connectivity index (χ0n) is 11.4. The largest absolute Gasteiger partial charge is 0.355 e. The fraction of sp³-hybridized carbons (Fsp3) is 0.917. The van der Waals surface area contributed by atoms with Crippen molar-refractivity contribution < 1.29 is 13.2 Å². The number of nitrogens with zero attached hydrogens (tertiary/aromatic N) is 1. The second kappa shape index (κ2) is 6.19. The summed E-state index contributed by atoms with van der Waals surface area (Å²) in [6.45, 7) is 2.21. The quantitative estimate of drug-likeness (QED) is 0.693. The first kappa shape index (κ1) is 14.7. The normalized spacial score (nSPS) is 22.4. The molecule has 110 valence electrons. The van der Waals surface area contributed by atoms with Crippen molar-refractivity contribution in [3.05, 3.63) is 0 Å². The topological polar surface area (TPSA) is 78.5 Å². The highest BCUT2D eigenvalue weighted by Crippen LogP contribution is 2.27. The zero-order valence-corrected chi connectivity index (χ0v) is 12.2. The Labute approximate surface area is 115 Å². The molecule has 1 saturated heterocycles. The third-order valence-corrected chi connectivity index (χ3v) is 5.06. The molecule has 1 heterocycles. The zero-order chi connectivity index (χ0) is 13.9. The molecule has 1 aliphatic carbocycles. The van der Waals surface area contributed by atoms with Gasteiger partial charge in [0.05, 0.1) is 12.8 Å². The van der Waals surface area contributed by atoms with E-state index in [1.54, 1.807) is 0 Å². The average Bonchev–Trinajstić information content (AvgIpc) is 3.17. The predicted molar refractivity (Wildman–Crippen MR) is 73.2 cm³/mol. The van der Waals surface area contributed by atoms with Crippen LogP contribution in [-0.4, -0.2) is 57.1 Å². The number of rotatable bonds is 6. The molecule has 0 unspecified atom stereocenters. The summed E-state index contributed by atoms with van der Waals surface area (Å²) in [6, 6.07) is 0.240. The highest BCUT2D eigenvalue weighted by Gasteiger charge is 2.25. The first-order valence-electron chi connectivity index (χ1n) is 6.90. The number of amides is 1. The van der Waals surface area contributed by atoms with Crippen LogP contribution < -0.4 is 10.6 Å². The first-order valence-corrected chi connectivity index (χ1v) is 8.75. The maximum Gasteiger partial charge on any atom is 0.233 e. The summed E-state index contributed by atoms with van der Waals surface area (Å²) < 4.78 is 24.2. The molecule has 0 radical (unpaired) electrons. The minimum Gasteiger partial charge on any atom is -0.355 e.